The molecular weight excluding hydrogens is 190 g/mol. The Balaban J connectivity index is 2.25. The monoisotopic (exact) mass is 201 g/mol. The van der Waals surface area contributed by atoms with Crippen LogP contribution in [0, 0.1) is 13.8 Å². The number of pyridine rings is 1. The van der Waals surface area contributed by atoms with E-state index in [9.17, 15) is 0 Å². The van der Waals surface area contributed by atoms with E-state index < -0.39 is 0 Å². The molecule has 0 radical (unpaired) electrons. The largest absolute Gasteiger partial charge is 0.485 e. The van der Waals surface area contributed by atoms with Gasteiger partial charge >= 0.3 is 0 Å². The predicted octanol–water partition coefficient (Wildman–Crippen LogP) is 2.85. The van der Waals surface area contributed by atoms with Crippen LogP contribution in [0.5, 0.6) is 5.75 Å². The van der Waals surface area contributed by atoms with Crippen LogP contribution >= 0.6 is 0 Å². The summed E-state index contributed by atoms with van der Waals surface area (Å²) in [5.41, 5.74) is 3.15. The molecule has 0 bridgehead atoms. The first kappa shape index (κ1) is 8.53. The number of ether oxygens (including phenoxy) is 1. The fourth-order valence-corrected chi connectivity index (χ4v) is 1.86. The van der Waals surface area contributed by atoms with Crippen molar-refractivity contribution in [1.82, 2.24) is 4.98 Å². The molecule has 1 aliphatic heterocycles. The molecule has 15 heavy (non-hydrogen) atoms. The van der Waals surface area contributed by atoms with Crippen molar-refractivity contribution in [2.24, 2.45) is 0 Å². The lowest BCUT2D eigenvalue weighted by molar-refractivity contribution is 0.296. The van der Waals surface area contributed by atoms with Crippen LogP contribution in [0.3, 0.4) is 0 Å². The highest BCUT2D eigenvalue weighted by Gasteiger charge is 2.22. The van der Waals surface area contributed by atoms with Gasteiger partial charge in [-0.3, -0.25) is 4.98 Å². The van der Waals surface area contributed by atoms with Crippen LogP contribution < -0.4 is 4.74 Å². The van der Waals surface area contributed by atoms with Gasteiger partial charge in [-0.2, -0.15) is 0 Å². The molecular formula is C12H11NO2. The number of hydrogen-bond donors (Lipinski definition) is 0. The third-order valence-corrected chi connectivity index (χ3v) is 2.52. The number of aromatic nitrogens is 1. The highest BCUT2D eigenvalue weighted by Crippen LogP contribution is 2.38. The Morgan fingerprint density at radius 1 is 1.27 bits per heavy atom. The lowest BCUT2D eigenvalue weighted by atomic mass is 10.1. The van der Waals surface area contributed by atoms with Crippen molar-refractivity contribution in [1.29, 1.82) is 0 Å². The Labute approximate surface area is 87.7 Å². The summed E-state index contributed by atoms with van der Waals surface area (Å²) in [6.07, 6.45) is 1.85. The van der Waals surface area contributed by atoms with Gasteiger partial charge in [-0.1, -0.05) is 0 Å². The van der Waals surface area contributed by atoms with E-state index in [0.29, 0.717) is 6.61 Å². The molecule has 3 nitrogen and oxygen atoms in total. The zero-order valence-electron chi connectivity index (χ0n) is 8.70. The molecule has 1 aliphatic rings. The molecule has 0 N–H and O–H groups in total. The lowest BCUT2D eigenvalue weighted by Gasteiger charge is -2.15. The Kier molecular flexibility index (Phi) is 1.63. The summed E-state index contributed by atoms with van der Waals surface area (Å²) in [6, 6.07) is 3.99. The Hall–Kier alpha value is -1.77. The average molecular weight is 201 g/mol. The van der Waals surface area contributed by atoms with E-state index in [1.54, 1.807) is 0 Å². The van der Waals surface area contributed by atoms with E-state index in [1.807, 2.05) is 26.1 Å². The quantitative estimate of drug-likeness (QED) is 0.657. The fraction of sp³-hybridized carbons (Fsp3) is 0.250. The van der Waals surface area contributed by atoms with Crippen molar-refractivity contribution in [2.75, 3.05) is 0 Å². The second kappa shape index (κ2) is 2.86. The molecule has 3 heterocycles. The third-order valence-electron chi connectivity index (χ3n) is 2.52. The Bertz CT molecular complexity index is 528. The molecule has 0 aliphatic carbocycles. The molecule has 0 fully saturated rings. The van der Waals surface area contributed by atoms with Gasteiger partial charge in [-0.25, -0.2) is 0 Å². The van der Waals surface area contributed by atoms with Gasteiger partial charge in [0.25, 0.3) is 0 Å². The summed E-state index contributed by atoms with van der Waals surface area (Å²) in [7, 11) is 0. The maximum absolute atomic E-state index is 5.59. The second-order valence-corrected chi connectivity index (χ2v) is 3.86. The van der Waals surface area contributed by atoms with Gasteiger partial charge in [-0.05, 0) is 25.5 Å². The van der Waals surface area contributed by atoms with Gasteiger partial charge in [-0.15, -0.1) is 0 Å². The van der Waals surface area contributed by atoms with Gasteiger partial charge in [0, 0.05) is 17.8 Å². The van der Waals surface area contributed by atoms with E-state index in [-0.39, 0.29) is 0 Å². The Morgan fingerprint density at radius 2 is 2.13 bits per heavy atom. The fourth-order valence-electron chi connectivity index (χ4n) is 1.86. The molecule has 0 unspecified atom stereocenters. The van der Waals surface area contributed by atoms with E-state index in [4.69, 9.17) is 9.15 Å². The average Bonchev–Trinajstić information content (AvgIpc) is 2.58. The van der Waals surface area contributed by atoms with Gasteiger partial charge < -0.3 is 9.15 Å². The molecule has 0 aromatic carbocycles. The van der Waals surface area contributed by atoms with Crippen molar-refractivity contribution in [3.8, 4) is 17.2 Å². The smallest absolute Gasteiger partial charge is 0.194 e. The van der Waals surface area contributed by atoms with Crippen LogP contribution in [0.2, 0.25) is 0 Å². The van der Waals surface area contributed by atoms with Crippen LogP contribution in [-0.4, -0.2) is 4.98 Å². The topological polar surface area (TPSA) is 35.3 Å². The molecule has 0 atom stereocenters. The molecule has 3 rings (SSSR count). The normalized spacial score (nSPS) is 12.9. The maximum Gasteiger partial charge on any atom is 0.194 e. The number of fused-ring (bicyclic) bond motifs is 3. The van der Waals surface area contributed by atoms with Gasteiger partial charge in [0.2, 0.25) is 0 Å². The summed E-state index contributed by atoms with van der Waals surface area (Å²) in [6.45, 7) is 4.52. The summed E-state index contributed by atoms with van der Waals surface area (Å²) >= 11 is 0. The van der Waals surface area contributed by atoms with Crippen molar-refractivity contribution >= 4 is 0 Å². The standard InChI is InChI=1S/C12H11NO2/c1-7-3-9-6-14-10-4-8(2)15-12(10)11(9)13-5-7/h3-5H,6H2,1-2H3. The van der Waals surface area contributed by atoms with E-state index in [2.05, 4.69) is 11.1 Å². The summed E-state index contributed by atoms with van der Waals surface area (Å²) in [4.78, 5) is 4.40. The SMILES string of the molecule is Cc1cnc2c(c1)COc1cc(C)oc1-2. The van der Waals surface area contributed by atoms with Crippen LogP contribution in [0.1, 0.15) is 16.9 Å². The van der Waals surface area contributed by atoms with E-state index >= 15 is 0 Å². The van der Waals surface area contributed by atoms with Crippen molar-refractivity contribution < 1.29 is 9.15 Å². The highest BCUT2D eigenvalue weighted by molar-refractivity contribution is 5.66. The molecule has 0 saturated heterocycles. The van der Waals surface area contributed by atoms with E-state index in [0.717, 1.165) is 34.1 Å². The predicted molar refractivity (Wildman–Crippen MR) is 55.7 cm³/mol. The second-order valence-electron chi connectivity index (χ2n) is 3.86. The van der Waals surface area contributed by atoms with Gasteiger partial charge in [0.05, 0.1) is 0 Å². The van der Waals surface area contributed by atoms with Crippen molar-refractivity contribution in [3.05, 3.63) is 35.2 Å². The van der Waals surface area contributed by atoms with Crippen LogP contribution in [0.25, 0.3) is 11.5 Å². The molecule has 0 saturated carbocycles. The van der Waals surface area contributed by atoms with Gasteiger partial charge in [0.1, 0.15) is 18.1 Å². The minimum atomic E-state index is 0.579. The molecule has 2 aromatic rings. The molecule has 0 amide bonds. The van der Waals surface area contributed by atoms with E-state index in [1.165, 1.54) is 0 Å². The molecule has 0 spiro atoms. The first-order chi connectivity index (χ1) is 7.24. The molecule has 3 heteroatoms. The highest BCUT2D eigenvalue weighted by atomic mass is 16.5. The van der Waals surface area contributed by atoms with Crippen LogP contribution in [-0.2, 0) is 6.61 Å². The van der Waals surface area contributed by atoms with Crippen molar-refractivity contribution in [3.63, 3.8) is 0 Å². The first-order valence-electron chi connectivity index (χ1n) is 4.93. The summed E-state index contributed by atoms with van der Waals surface area (Å²) in [5.74, 6) is 2.42. The third kappa shape index (κ3) is 1.23. The number of furan rings is 1. The van der Waals surface area contributed by atoms with Crippen LogP contribution in [0.4, 0.5) is 0 Å². The number of hydrogen-bond acceptors (Lipinski definition) is 3. The summed E-state index contributed by atoms with van der Waals surface area (Å²) < 4.78 is 11.2. The zero-order chi connectivity index (χ0) is 10.4. The minimum Gasteiger partial charge on any atom is -0.485 e. The zero-order valence-corrected chi connectivity index (χ0v) is 8.70. The number of rotatable bonds is 0. The number of aryl methyl sites for hydroxylation is 2. The van der Waals surface area contributed by atoms with Gasteiger partial charge in [0.15, 0.2) is 11.5 Å². The molecule has 2 aromatic heterocycles. The maximum atomic E-state index is 5.59. The minimum absolute atomic E-state index is 0.579. The molecule has 76 valence electrons. The lowest BCUT2D eigenvalue weighted by Crippen LogP contribution is -2.05. The summed E-state index contributed by atoms with van der Waals surface area (Å²) in [5, 5.41) is 0. The van der Waals surface area contributed by atoms with Crippen molar-refractivity contribution in [2.45, 2.75) is 20.5 Å². The van der Waals surface area contributed by atoms with Crippen LogP contribution in [0.15, 0.2) is 22.7 Å². The Morgan fingerprint density at radius 3 is 3.00 bits per heavy atom. The first-order valence-corrected chi connectivity index (χ1v) is 4.93. The number of nitrogens with zero attached hydrogens (tertiary/aromatic N) is 1.